The zero-order valence-corrected chi connectivity index (χ0v) is 18.6. The Labute approximate surface area is 194 Å². The van der Waals surface area contributed by atoms with Crippen LogP contribution in [0.1, 0.15) is 29.8 Å². The lowest BCUT2D eigenvalue weighted by atomic mass is 9.97. The first-order chi connectivity index (χ1) is 15.7. The molecule has 4 N–H and O–H groups in total. The number of hydrogen-bond acceptors (Lipinski definition) is 5. The first-order valence-electron chi connectivity index (χ1n) is 10.4. The standard InChI is InChI=1S/C24H21ClF2N4O2/c1-24(2)11-15-19-18(29-23(30-19)31-20-16(25)7-4-8-17(20)27)10-14(21(15)33-24)22(32)28-13-6-3-5-12(26)9-13/h3-10,23,29-31H,11H2,1-2H3,(H,28,32). The number of hydrogen-bond donors (Lipinski definition) is 4. The van der Waals surface area contributed by atoms with Gasteiger partial charge >= 0.3 is 0 Å². The lowest BCUT2D eigenvalue weighted by Gasteiger charge is -2.18. The second kappa shape index (κ2) is 7.81. The maximum atomic E-state index is 14.3. The van der Waals surface area contributed by atoms with Crippen LogP contribution in [0.5, 0.6) is 5.75 Å². The zero-order chi connectivity index (χ0) is 23.3. The van der Waals surface area contributed by atoms with Gasteiger partial charge < -0.3 is 26.0 Å². The second-order valence-corrected chi connectivity index (χ2v) is 9.03. The van der Waals surface area contributed by atoms with Crippen LogP contribution >= 0.6 is 11.6 Å². The van der Waals surface area contributed by atoms with E-state index in [0.29, 0.717) is 29.1 Å². The van der Waals surface area contributed by atoms with Gasteiger partial charge in [0, 0.05) is 17.7 Å². The first kappa shape index (κ1) is 21.3. The molecule has 0 aliphatic carbocycles. The Morgan fingerprint density at radius 3 is 2.70 bits per heavy atom. The highest BCUT2D eigenvalue weighted by Crippen LogP contribution is 2.48. The molecule has 3 aromatic rings. The third kappa shape index (κ3) is 4.02. The van der Waals surface area contributed by atoms with E-state index in [2.05, 4.69) is 21.3 Å². The number of halogens is 3. The first-order valence-corrected chi connectivity index (χ1v) is 10.8. The molecule has 0 saturated carbocycles. The summed E-state index contributed by atoms with van der Waals surface area (Å²) < 4.78 is 33.9. The lowest BCUT2D eigenvalue weighted by Crippen LogP contribution is -2.32. The van der Waals surface area contributed by atoms with E-state index < -0.39 is 29.4 Å². The predicted molar refractivity (Wildman–Crippen MR) is 125 cm³/mol. The number of amides is 1. The van der Waals surface area contributed by atoms with Crippen molar-refractivity contribution in [3.05, 3.63) is 76.3 Å². The summed E-state index contributed by atoms with van der Waals surface area (Å²) in [5.74, 6) is -0.887. The fraction of sp³-hybridized carbons (Fsp3) is 0.208. The molecule has 6 nitrogen and oxygen atoms in total. The Morgan fingerprint density at radius 2 is 1.94 bits per heavy atom. The Hall–Kier alpha value is -3.52. The van der Waals surface area contributed by atoms with Crippen LogP contribution in [-0.2, 0) is 6.42 Å². The van der Waals surface area contributed by atoms with Crippen LogP contribution in [0.25, 0.3) is 0 Å². The summed E-state index contributed by atoms with van der Waals surface area (Å²) in [6, 6.07) is 11.8. The minimum atomic E-state index is -0.566. The fourth-order valence-corrected chi connectivity index (χ4v) is 4.36. The number of fused-ring (bicyclic) bond motifs is 3. The molecular weight excluding hydrogens is 450 g/mol. The van der Waals surface area contributed by atoms with E-state index in [-0.39, 0.29) is 10.7 Å². The summed E-state index contributed by atoms with van der Waals surface area (Å²) in [6.45, 7) is 3.87. The van der Waals surface area contributed by atoms with Crippen LogP contribution in [0, 0.1) is 11.6 Å². The maximum absolute atomic E-state index is 14.3. The monoisotopic (exact) mass is 470 g/mol. The van der Waals surface area contributed by atoms with Gasteiger partial charge in [-0.15, -0.1) is 0 Å². The number of ether oxygens (including phenoxy) is 1. The normalized spacial score (nSPS) is 17.3. The number of carbonyl (C=O) groups excluding carboxylic acids is 1. The Kier molecular flexibility index (Phi) is 5.05. The van der Waals surface area contributed by atoms with E-state index in [1.54, 1.807) is 18.2 Å². The molecule has 9 heteroatoms. The van der Waals surface area contributed by atoms with Crippen LogP contribution in [0.15, 0.2) is 48.5 Å². The van der Waals surface area contributed by atoms with E-state index in [4.69, 9.17) is 16.3 Å². The molecule has 0 fully saturated rings. The van der Waals surface area contributed by atoms with Crippen molar-refractivity contribution >= 4 is 40.3 Å². The third-order valence-electron chi connectivity index (χ3n) is 5.53. The highest BCUT2D eigenvalue weighted by Gasteiger charge is 2.39. The zero-order valence-electron chi connectivity index (χ0n) is 17.9. The van der Waals surface area contributed by atoms with Crippen LogP contribution in [0.2, 0.25) is 5.02 Å². The van der Waals surface area contributed by atoms with E-state index in [9.17, 15) is 13.6 Å². The van der Waals surface area contributed by atoms with Gasteiger partial charge in [0.25, 0.3) is 5.91 Å². The summed E-state index contributed by atoms with van der Waals surface area (Å²) in [5.41, 5.74) is 2.55. The predicted octanol–water partition coefficient (Wildman–Crippen LogP) is 5.82. The van der Waals surface area contributed by atoms with Gasteiger partial charge in [0.1, 0.15) is 23.0 Å². The second-order valence-electron chi connectivity index (χ2n) is 8.62. The molecule has 33 heavy (non-hydrogen) atoms. The van der Waals surface area contributed by atoms with Crippen molar-refractivity contribution in [1.82, 2.24) is 0 Å². The van der Waals surface area contributed by atoms with E-state index in [1.807, 2.05) is 13.8 Å². The van der Waals surface area contributed by atoms with E-state index in [1.165, 1.54) is 30.3 Å². The molecule has 0 bridgehead atoms. The molecule has 2 heterocycles. The van der Waals surface area contributed by atoms with E-state index in [0.717, 1.165) is 11.3 Å². The topological polar surface area (TPSA) is 74.4 Å². The Bertz CT molecular complexity index is 1260. The minimum Gasteiger partial charge on any atom is -0.486 e. The average Bonchev–Trinajstić information content (AvgIpc) is 3.29. The molecule has 5 rings (SSSR count). The van der Waals surface area contributed by atoms with E-state index >= 15 is 0 Å². The van der Waals surface area contributed by atoms with Crippen molar-refractivity contribution in [2.24, 2.45) is 0 Å². The highest BCUT2D eigenvalue weighted by atomic mass is 35.5. The molecule has 1 unspecified atom stereocenters. The fourth-order valence-electron chi connectivity index (χ4n) is 4.14. The van der Waals surface area contributed by atoms with Crippen molar-refractivity contribution in [2.45, 2.75) is 32.2 Å². The lowest BCUT2D eigenvalue weighted by molar-refractivity contribution is 0.101. The summed E-state index contributed by atoms with van der Waals surface area (Å²) in [5, 5.41) is 12.5. The van der Waals surface area contributed by atoms with Crippen LogP contribution in [0.3, 0.4) is 0 Å². The molecule has 0 radical (unpaired) electrons. The molecule has 2 aliphatic rings. The Morgan fingerprint density at radius 1 is 1.15 bits per heavy atom. The molecular formula is C24H21ClF2N4O2. The van der Waals surface area contributed by atoms with Crippen LogP contribution in [-0.4, -0.2) is 17.8 Å². The summed E-state index contributed by atoms with van der Waals surface area (Å²) in [4.78, 5) is 13.1. The number of nitrogens with one attached hydrogen (secondary N) is 4. The van der Waals surface area contributed by atoms with Gasteiger partial charge in [0.15, 0.2) is 6.29 Å². The maximum Gasteiger partial charge on any atom is 0.259 e. The van der Waals surface area contributed by atoms with Crippen LogP contribution < -0.4 is 26.0 Å². The number of anilines is 4. The highest BCUT2D eigenvalue weighted by molar-refractivity contribution is 6.33. The van der Waals surface area contributed by atoms with Gasteiger partial charge in [-0.3, -0.25) is 4.79 Å². The van der Waals surface area contributed by atoms with Crippen molar-refractivity contribution in [3.8, 4) is 5.75 Å². The largest absolute Gasteiger partial charge is 0.486 e. The van der Waals surface area contributed by atoms with Gasteiger partial charge in [0.05, 0.1) is 27.6 Å². The number of para-hydroxylation sites is 1. The molecule has 1 amide bonds. The third-order valence-corrected chi connectivity index (χ3v) is 5.84. The van der Waals surface area contributed by atoms with Gasteiger partial charge in [0.2, 0.25) is 0 Å². The summed E-state index contributed by atoms with van der Waals surface area (Å²) in [6.07, 6.45) is -0.00288. The van der Waals surface area contributed by atoms with Crippen molar-refractivity contribution in [3.63, 3.8) is 0 Å². The number of carbonyl (C=O) groups is 1. The van der Waals surface area contributed by atoms with Gasteiger partial charge in [-0.25, -0.2) is 8.78 Å². The molecule has 170 valence electrons. The summed E-state index contributed by atoms with van der Waals surface area (Å²) >= 11 is 6.15. The quantitative estimate of drug-likeness (QED) is 0.387. The molecule has 0 saturated heterocycles. The van der Waals surface area contributed by atoms with Gasteiger partial charge in [-0.05, 0) is 50.2 Å². The van der Waals surface area contributed by atoms with Gasteiger partial charge in [-0.2, -0.15) is 0 Å². The number of rotatable bonds is 4. The van der Waals surface area contributed by atoms with Crippen molar-refractivity contribution < 1.29 is 18.3 Å². The smallest absolute Gasteiger partial charge is 0.259 e. The molecule has 3 aromatic carbocycles. The summed E-state index contributed by atoms with van der Waals surface area (Å²) in [7, 11) is 0. The van der Waals surface area contributed by atoms with Crippen molar-refractivity contribution in [2.75, 3.05) is 21.3 Å². The number of benzene rings is 3. The molecule has 1 atom stereocenters. The minimum absolute atomic E-state index is 0.161. The molecule has 0 spiro atoms. The molecule has 2 aliphatic heterocycles. The Balaban J connectivity index is 1.47. The van der Waals surface area contributed by atoms with Gasteiger partial charge in [-0.1, -0.05) is 23.7 Å². The van der Waals surface area contributed by atoms with Crippen molar-refractivity contribution in [1.29, 1.82) is 0 Å². The molecule has 0 aromatic heterocycles. The average molecular weight is 471 g/mol. The van der Waals surface area contributed by atoms with Crippen LogP contribution in [0.4, 0.5) is 31.5 Å². The SMILES string of the molecule is CC1(C)Cc2c3c(cc(C(=O)Nc4cccc(F)c4)c2O1)NC(Nc1c(F)cccc1Cl)N3.